The summed E-state index contributed by atoms with van der Waals surface area (Å²) in [6.45, 7) is 1.57. The number of carbonyl (C=O) groups excluding carboxylic acids is 1. The summed E-state index contributed by atoms with van der Waals surface area (Å²) in [5, 5.41) is 9.16. The van der Waals surface area contributed by atoms with Gasteiger partial charge in [0.1, 0.15) is 0 Å². The van der Waals surface area contributed by atoms with Crippen LogP contribution >= 0.6 is 0 Å². The van der Waals surface area contributed by atoms with Gasteiger partial charge in [-0.1, -0.05) is 42.5 Å². The Bertz CT molecular complexity index is 607. The largest absolute Gasteiger partial charge is 0.396 e. The number of amides is 1. The average Bonchev–Trinajstić information content (AvgIpc) is 3.04. The van der Waals surface area contributed by atoms with Crippen molar-refractivity contribution in [1.29, 1.82) is 0 Å². The number of rotatable bonds is 3. The minimum atomic E-state index is 0.0607. The zero-order valence-electron chi connectivity index (χ0n) is 11.9. The summed E-state index contributed by atoms with van der Waals surface area (Å²) in [7, 11) is 0. The van der Waals surface area contributed by atoms with Gasteiger partial charge >= 0.3 is 0 Å². The van der Waals surface area contributed by atoms with Gasteiger partial charge in [0.05, 0.1) is 0 Å². The molecule has 21 heavy (non-hydrogen) atoms. The lowest BCUT2D eigenvalue weighted by Gasteiger charge is -2.16. The van der Waals surface area contributed by atoms with Crippen LogP contribution in [0.3, 0.4) is 0 Å². The smallest absolute Gasteiger partial charge is 0.253 e. The first-order valence-corrected chi connectivity index (χ1v) is 7.33. The highest BCUT2D eigenvalue weighted by Crippen LogP contribution is 2.22. The predicted octanol–water partition coefficient (Wildman–Crippen LogP) is 2.81. The molecule has 1 atom stereocenters. The summed E-state index contributed by atoms with van der Waals surface area (Å²) in [6, 6.07) is 17.9. The molecule has 0 aliphatic carbocycles. The van der Waals surface area contributed by atoms with Crippen molar-refractivity contribution in [3.63, 3.8) is 0 Å². The highest BCUT2D eigenvalue weighted by Gasteiger charge is 2.26. The Morgan fingerprint density at radius 2 is 1.71 bits per heavy atom. The zero-order valence-corrected chi connectivity index (χ0v) is 11.9. The number of benzene rings is 2. The van der Waals surface area contributed by atoms with Crippen LogP contribution in [0.25, 0.3) is 11.1 Å². The minimum absolute atomic E-state index is 0.0607. The van der Waals surface area contributed by atoms with Gasteiger partial charge in [-0.05, 0) is 29.7 Å². The van der Waals surface area contributed by atoms with E-state index < -0.39 is 0 Å². The van der Waals surface area contributed by atoms with E-state index in [4.69, 9.17) is 5.11 Å². The molecule has 0 aromatic heterocycles. The van der Waals surface area contributed by atoms with Crippen molar-refractivity contribution in [2.75, 3.05) is 19.7 Å². The van der Waals surface area contributed by atoms with Crippen LogP contribution in [0.2, 0.25) is 0 Å². The van der Waals surface area contributed by atoms with E-state index in [1.54, 1.807) is 0 Å². The molecule has 3 nitrogen and oxygen atoms in total. The highest BCUT2D eigenvalue weighted by atomic mass is 16.3. The molecule has 1 amide bonds. The van der Waals surface area contributed by atoms with Crippen LogP contribution in [-0.4, -0.2) is 35.6 Å². The second-order valence-electron chi connectivity index (χ2n) is 5.53. The summed E-state index contributed by atoms with van der Waals surface area (Å²) in [5.41, 5.74) is 2.98. The van der Waals surface area contributed by atoms with Gasteiger partial charge in [-0.2, -0.15) is 0 Å². The molecule has 1 saturated heterocycles. The number of hydrogen-bond acceptors (Lipinski definition) is 2. The second kappa shape index (κ2) is 6.10. The number of carbonyl (C=O) groups is 1. The molecular weight excluding hydrogens is 262 g/mol. The molecule has 1 N–H and O–H groups in total. The Kier molecular flexibility index (Phi) is 4.02. The molecule has 1 fully saturated rings. The van der Waals surface area contributed by atoms with Crippen LogP contribution in [-0.2, 0) is 0 Å². The monoisotopic (exact) mass is 281 g/mol. The van der Waals surface area contributed by atoms with Crippen LogP contribution in [0.4, 0.5) is 0 Å². The quantitative estimate of drug-likeness (QED) is 0.940. The third-order valence-electron chi connectivity index (χ3n) is 4.07. The molecule has 0 radical (unpaired) electrons. The van der Waals surface area contributed by atoms with Gasteiger partial charge in [0, 0.05) is 31.2 Å². The fourth-order valence-electron chi connectivity index (χ4n) is 2.78. The summed E-state index contributed by atoms with van der Waals surface area (Å²) in [4.78, 5) is 14.2. The van der Waals surface area contributed by atoms with Crippen molar-refractivity contribution in [2.45, 2.75) is 6.42 Å². The maximum Gasteiger partial charge on any atom is 0.253 e. The van der Waals surface area contributed by atoms with Crippen molar-refractivity contribution in [2.24, 2.45) is 5.92 Å². The van der Waals surface area contributed by atoms with E-state index in [0.717, 1.165) is 24.1 Å². The van der Waals surface area contributed by atoms with Crippen molar-refractivity contribution < 1.29 is 9.90 Å². The molecule has 0 spiro atoms. The maximum absolute atomic E-state index is 12.4. The van der Waals surface area contributed by atoms with E-state index >= 15 is 0 Å². The van der Waals surface area contributed by atoms with Crippen molar-refractivity contribution in [3.05, 3.63) is 60.2 Å². The van der Waals surface area contributed by atoms with Gasteiger partial charge < -0.3 is 10.0 Å². The molecule has 0 saturated carbocycles. The van der Waals surface area contributed by atoms with Gasteiger partial charge in [0.15, 0.2) is 0 Å². The number of aliphatic hydroxyl groups is 1. The number of hydrogen-bond donors (Lipinski definition) is 1. The first kappa shape index (κ1) is 13.8. The number of nitrogens with zero attached hydrogens (tertiary/aromatic N) is 1. The molecule has 1 heterocycles. The van der Waals surface area contributed by atoms with E-state index in [9.17, 15) is 4.79 Å². The molecule has 1 aliphatic rings. The summed E-state index contributed by atoms with van der Waals surface area (Å²) in [5.74, 6) is 0.295. The standard InChI is InChI=1S/C18H19NO2/c20-13-14-10-11-19(12-14)18(21)17-8-6-16(7-9-17)15-4-2-1-3-5-15/h1-9,14,20H,10-13H2. The van der Waals surface area contributed by atoms with Crippen molar-refractivity contribution in [3.8, 4) is 11.1 Å². The van der Waals surface area contributed by atoms with E-state index in [-0.39, 0.29) is 18.4 Å². The molecule has 1 unspecified atom stereocenters. The third kappa shape index (κ3) is 2.98. The Balaban J connectivity index is 1.74. The summed E-state index contributed by atoms with van der Waals surface area (Å²) < 4.78 is 0. The molecule has 108 valence electrons. The lowest BCUT2D eigenvalue weighted by Crippen LogP contribution is -2.29. The van der Waals surface area contributed by atoms with E-state index in [1.807, 2.05) is 47.4 Å². The van der Waals surface area contributed by atoms with E-state index in [2.05, 4.69) is 12.1 Å². The highest BCUT2D eigenvalue weighted by molar-refractivity contribution is 5.94. The maximum atomic E-state index is 12.4. The van der Waals surface area contributed by atoms with Crippen LogP contribution < -0.4 is 0 Å². The molecular formula is C18H19NO2. The Hall–Kier alpha value is -2.13. The van der Waals surface area contributed by atoms with Gasteiger partial charge in [-0.25, -0.2) is 0 Å². The Morgan fingerprint density at radius 3 is 2.33 bits per heavy atom. The van der Waals surface area contributed by atoms with Gasteiger partial charge in [-0.15, -0.1) is 0 Å². The average molecular weight is 281 g/mol. The SMILES string of the molecule is O=C(c1ccc(-c2ccccc2)cc1)N1CCC(CO)C1. The van der Waals surface area contributed by atoms with Gasteiger partial charge in [0.2, 0.25) is 0 Å². The van der Waals surface area contributed by atoms with Gasteiger partial charge in [0.25, 0.3) is 5.91 Å². The Labute approximate surface area is 124 Å². The topological polar surface area (TPSA) is 40.5 Å². The molecule has 0 bridgehead atoms. The minimum Gasteiger partial charge on any atom is -0.396 e. The van der Waals surface area contributed by atoms with Crippen LogP contribution in [0.15, 0.2) is 54.6 Å². The number of aliphatic hydroxyl groups excluding tert-OH is 1. The third-order valence-corrected chi connectivity index (χ3v) is 4.07. The predicted molar refractivity (Wildman–Crippen MR) is 83.0 cm³/mol. The Morgan fingerprint density at radius 1 is 1.05 bits per heavy atom. The zero-order chi connectivity index (χ0) is 14.7. The van der Waals surface area contributed by atoms with Crippen LogP contribution in [0.1, 0.15) is 16.8 Å². The van der Waals surface area contributed by atoms with Crippen LogP contribution in [0.5, 0.6) is 0 Å². The molecule has 3 heteroatoms. The molecule has 1 aliphatic heterocycles. The fourth-order valence-corrected chi connectivity index (χ4v) is 2.78. The first-order valence-electron chi connectivity index (χ1n) is 7.33. The molecule has 2 aromatic rings. The molecule has 2 aromatic carbocycles. The summed E-state index contributed by atoms with van der Waals surface area (Å²) in [6.07, 6.45) is 0.893. The lowest BCUT2D eigenvalue weighted by molar-refractivity contribution is 0.0782. The van der Waals surface area contributed by atoms with E-state index in [1.165, 1.54) is 0 Å². The fraction of sp³-hybridized carbons (Fsp3) is 0.278. The van der Waals surface area contributed by atoms with Crippen molar-refractivity contribution in [1.82, 2.24) is 4.90 Å². The summed E-state index contributed by atoms with van der Waals surface area (Å²) >= 11 is 0. The normalized spacial score (nSPS) is 18.0. The first-order chi connectivity index (χ1) is 10.3. The molecule has 3 rings (SSSR count). The van der Waals surface area contributed by atoms with Gasteiger partial charge in [-0.3, -0.25) is 4.79 Å². The lowest BCUT2D eigenvalue weighted by atomic mass is 10.0. The number of likely N-dealkylation sites (tertiary alicyclic amines) is 1. The van der Waals surface area contributed by atoms with Crippen LogP contribution in [0, 0.1) is 5.92 Å². The van der Waals surface area contributed by atoms with E-state index in [0.29, 0.717) is 12.1 Å². The van der Waals surface area contributed by atoms with Crippen molar-refractivity contribution >= 4 is 5.91 Å². The second-order valence-corrected chi connectivity index (χ2v) is 5.53.